The predicted octanol–water partition coefficient (Wildman–Crippen LogP) is 3.88. The molecule has 2 aliphatic heterocycles. The van der Waals surface area contributed by atoms with E-state index >= 15 is 0 Å². The van der Waals surface area contributed by atoms with Crippen LogP contribution in [0.25, 0.3) is 11.3 Å². The Bertz CT molecular complexity index is 952. The van der Waals surface area contributed by atoms with E-state index in [0.29, 0.717) is 6.79 Å². The zero-order valence-electron chi connectivity index (χ0n) is 15.7. The molecule has 144 valence electrons. The number of aromatic nitrogens is 2. The van der Waals surface area contributed by atoms with Gasteiger partial charge in [0.15, 0.2) is 11.5 Å². The molecule has 0 amide bonds. The van der Waals surface area contributed by atoms with Crippen molar-refractivity contribution in [2.75, 3.05) is 31.4 Å². The summed E-state index contributed by atoms with van der Waals surface area (Å²) in [4.78, 5) is 2.52. The lowest BCUT2D eigenvalue weighted by molar-refractivity contribution is 0.174. The third kappa shape index (κ3) is 3.75. The number of benzene rings is 2. The van der Waals surface area contributed by atoms with Crippen molar-refractivity contribution >= 4 is 11.8 Å². The summed E-state index contributed by atoms with van der Waals surface area (Å²) in [6.07, 6.45) is 2.20. The SMILES string of the molecule is c1ccc(Cn2cc(CN3CCSCC3)c(-c3ccc4c(c3)OCO4)n2)cc1. The second-order valence-corrected chi connectivity index (χ2v) is 8.37. The first-order valence-electron chi connectivity index (χ1n) is 9.65. The Morgan fingerprint density at radius 3 is 2.61 bits per heavy atom. The fourth-order valence-corrected chi connectivity index (χ4v) is 4.70. The summed E-state index contributed by atoms with van der Waals surface area (Å²) < 4.78 is 13.1. The molecular formula is C22H23N3O2S. The van der Waals surface area contributed by atoms with E-state index in [2.05, 4.69) is 46.1 Å². The lowest BCUT2D eigenvalue weighted by Crippen LogP contribution is -2.32. The number of ether oxygens (including phenoxy) is 2. The molecule has 3 aromatic rings. The van der Waals surface area contributed by atoms with Gasteiger partial charge in [0.2, 0.25) is 6.79 Å². The van der Waals surface area contributed by atoms with Gasteiger partial charge >= 0.3 is 0 Å². The van der Waals surface area contributed by atoms with Crippen molar-refractivity contribution in [3.63, 3.8) is 0 Å². The van der Waals surface area contributed by atoms with Crippen molar-refractivity contribution < 1.29 is 9.47 Å². The van der Waals surface area contributed by atoms with Gasteiger partial charge in [-0.3, -0.25) is 9.58 Å². The maximum Gasteiger partial charge on any atom is 0.231 e. The lowest BCUT2D eigenvalue weighted by atomic mass is 10.1. The average Bonchev–Trinajstić information content (AvgIpc) is 3.36. The van der Waals surface area contributed by atoms with Gasteiger partial charge in [0.1, 0.15) is 0 Å². The van der Waals surface area contributed by atoms with Crippen LogP contribution >= 0.6 is 11.8 Å². The summed E-state index contributed by atoms with van der Waals surface area (Å²) in [7, 11) is 0. The summed E-state index contributed by atoms with van der Waals surface area (Å²) in [6.45, 7) is 4.26. The third-order valence-electron chi connectivity index (χ3n) is 5.17. The van der Waals surface area contributed by atoms with Crippen LogP contribution < -0.4 is 9.47 Å². The maximum atomic E-state index is 5.58. The topological polar surface area (TPSA) is 39.5 Å². The first kappa shape index (κ1) is 17.6. The number of rotatable bonds is 5. The highest BCUT2D eigenvalue weighted by atomic mass is 32.2. The monoisotopic (exact) mass is 393 g/mol. The molecule has 0 aliphatic carbocycles. The molecule has 2 aromatic carbocycles. The zero-order chi connectivity index (χ0) is 18.8. The Kier molecular flexibility index (Phi) is 4.97. The molecule has 0 atom stereocenters. The molecule has 5 rings (SSSR count). The van der Waals surface area contributed by atoms with Gasteiger partial charge in [-0.05, 0) is 23.8 Å². The van der Waals surface area contributed by atoms with Crippen LogP contribution in [0.4, 0.5) is 0 Å². The van der Waals surface area contributed by atoms with Gasteiger partial charge in [-0.2, -0.15) is 16.9 Å². The first-order valence-corrected chi connectivity index (χ1v) is 10.8. The van der Waals surface area contributed by atoms with E-state index in [-0.39, 0.29) is 0 Å². The second-order valence-electron chi connectivity index (χ2n) is 7.14. The van der Waals surface area contributed by atoms with Crippen LogP contribution in [-0.2, 0) is 13.1 Å². The molecule has 6 heteroatoms. The maximum absolute atomic E-state index is 5.58. The van der Waals surface area contributed by atoms with Gasteiger partial charge in [-0.25, -0.2) is 0 Å². The van der Waals surface area contributed by atoms with Crippen LogP contribution in [0, 0.1) is 0 Å². The van der Waals surface area contributed by atoms with Gasteiger partial charge in [0.05, 0.1) is 12.2 Å². The van der Waals surface area contributed by atoms with Gasteiger partial charge in [0, 0.05) is 48.5 Å². The van der Waals surface area contributed by atoms with Gasteiger partial charge in [-0.15, -0.1) is 0 Å². The van der Waals surface area contributed by atoms with Gasteiger partial charge in [-0.1, -0.05) is 30.3 Å². The summed E-state index contributed by atoms with van der Waals surface area (Å²) >= 11 is 2.04. The van der Waals surface area contributed by atoms with E-state index in [9.17, 15) is 0 Å². The lowest BCUT2D eigenvalue weighted by Gasteiger charge is -2.25. The normalized spacial score (nSPS) is 16.4. The minimum Gasteiger partial charge on any atom is -0.454 e. The van der Waals surface area contributed by atoms with Crippen LogP contribution in [-0.4, -0.2) is 46.1 Å². The smallest absolute Gasteiger partial charge is 0.231 e. The standard InChI is InChI=1S/C22H23N3O2S/c1-2-4-17(5-3-1)13-25-15-19(14-24-8-10-28-11-9-24)22(23-25)18-6-7-20-21(12-18)27-16-26-20/h1-7,12,15H,8-11,13-14,16H2. The van der Waals surface area contributed by atoms with Gasteiger partial charge < -0.3 is 9.47 Å². The third-order valence-corrected chi connectivity index (χ3v) is 6.11. The predicted molar refractivity (Wildman–Crippen MR) is 112 cm³/mol. The molecule has 28 heavy (non-hydrogen) atoms. The molecule has 1 aromatic heterocycles. The van der Waals surface area contributed by atoms with E-state index in [1.807, 2.05) is 30.0 Å². The average molecular weight is 394 g/mol. The fraction of sp³-hybridized carbons (Fsp3) is 0.318. The summed E-state index contributed by atoms with van der Waals surface area (Å²) in [5, 5.41) is 4.96. The summed E-state index contributed by atoms with van der Waals surface area (Å²) in [5.74, 6) is 4.02. The molecule has 1 saturated heterocycles. The van der Waals surface area contributed by atoms with Crippen molar-refractivity contribution in [1.82, 2.24) is 14.7 Å². The Morgan fingerprint density at radius 1 is 0.929 bits per heavy atom. The number of thioether (sulfide) groups is 1. The van der Waals surface area contributed by atoms with Crippen LogP contribution in [0.15, 0.2) is 54.7 Å². The fourth-order valence-electron chi connectivity index (χ4n) is 3.72. The van der Waals surface area contributed by atoms with Gasteiger partial charge in [0.25, 0.3) is 0 Å². The van der Waals surface area contributed by atoms with E-state index in [0.717, 1.165) is 48.9 Å². The van der Waals surface area contributed by atoms with Crippen LogP contribution in [0.2, 0.25) is 0 Å². The second kappa shape index (κ2) is 7.89. The molecule has 0 spiro atoms. The number of hydrogen-bond acceptors (Lipinski definition) is 5. The molecule has 0 radical (unpaired) electrons. The van der Waals surface area contributed by atoms with E-state index in [4.69, 9.17) is 14.6 Å². The quantitative estimate of drug-likeness (QED) is 0.658. The molecule has 0 saturated carbocycles. The number of fused-ring (bicyclic) bond motifs is 1. The number of hydrogen-bond donors (Lipinski definition) is 0. The Balaban J connectivity index is 1.47. The summed E-state index contributed by atoms with van der Waals surface area (Å²) in [5.41, 5.74) is 4.63. The van der Waals surface area contributed by atoms with E-state index in [1.54, 1.807) is 0 Å². The molecular weight excluding hydrogens is 370 g/mol. The van der Waals surface area contributed by atoms with Crippen molar-refractivity contribution in [2.24, 2.45) is 0 Å². The first-order chi connectivity index (χ1) is 13.8. The van der Waals surface area contributed by atoms with Crippen molar-refractivity contribution in [3.05, 3.63) is 65.9 Å². The minimum absolute atomic E-state index is 0.291. The van der Waals surface area contributed by atoms with E-state index < -0.39 is 0 Å². The zero-order valence-corrected chi connectivity index (χ0v) is 16.5. The van der Waals surface area contributed by atoms with Crippen molar-refractivity contribution in [3.8, 4) is 22.8 Å². The highest BCUT2D eigenvalue weighted by molar-refractivity contribution is 7.99. The highest BCUT2D eigenvalue weighted by Gasteiger charge is 2.20. The largest absolute Gasteiger partial charge is 0.454 e. The van der Waals surface area contributed by atoms with Crippen molar-refractivity contribution in [1.29, 1.82) is 0 Å². The molecule has 0 N–H and O–H groups in total. The number of nitrogens with zero attached hydrogens (tertiary/aromatic N) is 3. The van der Waals surface area contributed by atoms with Crippen molar-refractivity contribution in [2.45, 2.75) is 13.1 Å². The Labute approximate surface area is 169 Å². The molecule has 0 unspecified atom stereocenters. The molecule has 0 bridgehead atoms. The molecule has 1 fully saturated rings. The molecule has 5 nitrogen and oxygen atoms in total. The Morgan fingerprint density at radius 2 is 1.75 bits per heavy atom. The highest BCUT2D eigenvalue weighted by Crippen LogP contribution is 2.36. The van der Waals surface area contributed by atoms with Crippen LogP contribution in [0.1, 0.15) is 11.1 Å². The minimum atomic E-state index is 0.291. The molecule has 2 aliphatic rings. The summed E-state index contributed by atoms with van der Waals surface area (Å²) in [6, 6.07) is 16.6. The van der Waals surface area contributed by atoms with Crippen LogP contribution in [0.5, 0.6) is 11.5 Å². The molecule has 3 heterocycles. The van der Waals surface area contributed by atoms with Crippen LogP contribution in [0.3, 0.4) is 0 Å². The Hall–Kier alpha value is -2.44. The van der Waals surface area contributed by atoms with E-state index in [1.165, 1.54) is 22.6 Å².